The van der Waals surface area contributed by atoms with Crippen molar-refractivity contribution in [2.75, 3.05) is 18.6 Å². The Balaban J connectivity index is 2.09. The molecule has 1 aromatic heterocycles. The number of amides is 1. The highest BCUT2D eigenvalue weighted by Gasteiger charge is 2.33. The van der Waals surface area contributed by atoms with Gasteiger partial charge >= 0.3 is 0 Å². The van der Waals surface area contributed by atoms with Gasteiger partial charge in [-0.3, -0.25) is 9.89 Å². The first kappa shape index (κ1) is 11.1. The van der Waals surface area contributed by atoms with Gasteiger partial charge in [0, 0.05) is 19.3 Å². The quantitative estimate of drug-likeness (QED) is 0.771. The number of hydrogen-bond donors (Lipinski definition) is 1. The first-order valence-corrected chi connectivity index (χ1v) is 6.78. The summed E-state index contributed by atoms with van der Waals surface area (Å²) in [4.78, 5) is 13.4. The molecular weight excluding hydrogens is 230 g/mol. The van der Waals surface area contributed by atoms with E-state index in [0.717, 1.165) is 0 Å². The molecule has 1 aromatic rings. The fourth-order valence-electron chi connectivity index (χ4n) is 1.82. The molecule has 0 spiro atoms. The topological polar surface area (TPSA) is 83.1 Å². The molecule has 1 atom stereocenters. The summed E-state index contributed by atoms with van der Waals surface area (Å²) in [6, 6.07) is -0.215. The molecule has 0 aromatic carbocycles. The van der Waals surface area contributed by atoms with Gasteiger partial charge in [-0.2, -0.15) is 5.10 Å². The third-order valence-corrected chi connectivity index (χ3v) is 4.57. The van der Waals surface area contributed by atoms with Crippen LogP contribution in [0.5, 0.6) is 0 Å². The molecule has 1 saturated heterocycles. The van der Waals surface area contributed by atoms with E-state index in [1.807, 2.05) is 0 Å². The standard InChI is InChI=1S/C9H13N3O3S/c1-12(8-2-3-16(14,15)6-8)9(13)7-4-10-11-5-7/h4-5,8H,2-3,6H2,1H3,(H,10,11). The molecule has 1 amide bonds. The lowest BCUT2D eigenvalue weighted by atomic mass is 10.2. The van der Waals surface area contributed by atoms with Gasteiger partial charge in [0.15, 0.2) is 9.84 Å². The molecule has 6 nitrogen and oxygen atoms in total. The summed E-state index contributed by atoms with van der Waals surface area (Å²) < 4.78 is 22.6. The zero-order valence-corrected chi connectivity index (χ0v) is 9.70. The van der Waals surface area contributed by atoms with Crippen molar-refractivity contribution in [2.45, 2.75) is 12.5 Å². The van der Waals surface area contributed by atoms with E-state index < -0.39 is 9.84 Å². The van der Waals surface area contributed by atoms with Crippen LogP contribution in [0, 0.1) is 0 Å². The van der Waals surface area contributed by atoms with E-state index in [0.29, 0.717) is 12.0 Å². The molecule has 2 rings (SSSR count). The molecule has 88 valence electrons. The summed E-state index contributed by atoms with van der Waals surface area (Å²) in [5.74, 6) is 0.0316. The second-order valence-electron chi connectivity index (χ2n) is 3.96. The lowest BCUT2D eigenvalue weighted by Crippen LogP contribution is -2.37. The van der Waals surface area contributed by atoms with Crippen LogP contribution in [-0.4, -0.2) is 54.0 Å². The Morgan fingerprint density at radius 3 is 2.88 bits per heavy atom. The summed E-state index contributed by atoms with van der Waals surface area (Å²) in [6.07, 6.45) is 3.45. The van der Waals surface area contributed by atoms with Crippen LogP contribution in [0.15, 0.2) is 12.4 Å². The molecule has 0 radical (unpaired) electrons. The van der Waals surface area contributed by atoms with Crippen molar-refractivity contribution in [3.63, 3.8) is 0 Å². The third kappa shape index (κ3) is 2.08. The van der Waals surface area contributed by atoms with Crippen molar-refractivity contribution >= 4 is 15.7 Å². The SMILES string of the molecule is CN(C(=O)c1cn[nH]c1)C1CCS(=O)(=O)C1. The summed E-state index contributed by atoms with van der Waals surface area (Å²) in [6.45, 7) is 0. The lowest BCUT2D eigenvalue weighted by Gasteiger charge is -2.22. The lowest BCUT2D eigenvalue weighted by molar-refractivity contribution is 0.0748. The molecule has 1 aliphatic heterocycles. The van der Waals surface area contributed by atoms with Crippen molar-refractivity contribution in [3.05, 3.63) is 18.0 Å². The van der Waals surface area contributed by atoms with Gasteiger partial charge in [0.25, 0.3) is 5.91 Å². The van der Waals surface area contributed by atoms with Gasteiger partial charge in [-0.05, 0) is 6.42 Å². The Bertz CT molecular complexity index is 480. The van der Waals surface area contributed by atoms with Crippen LogP contribution in [0.1, 0.15) is 16.8 Å². The predicted molar refractivity (Wildman–Crippen MR) is 57.7 cm³/mol. The van der Waals surface area contributed by atoms with E-state index in [2.05, 4.69) is 10.2 Å². The number of carbonyl (C=O) groups is 1. The van der Waals surface area contributed by atoms with E-state index in [-0.39, 0.29) is 23.5 Å². The minimum atomic E-state index is -2.96. The number of H-pyrrole nitrogens is 1. The molecule has 16 heavy (non-hydrogen) atoms. The third-order valence-electron chi connectivity index (χ3n) is 2.82. The minimum Gasteiger partial charge on any atom is -0.338 e. The maximum absolute atomic E-state index is 11.9. The number of hydrogen-bond acceptors (Lipinski definition) is 4. The van der Waals surface area contributed by atoms with Crippen molar-refractivity contribution < 1.29 is 13.2 Å². The molecular formula is C9H13N3O3S. The van der Waals surface area contributed by atoms with Gasteiger partial charge in [-0.25, -0.2) is 8.42 Å². The number of nitrogens with one attached hydrogen (secondary N) is 1. The van der Waals surface area contributed by atoms with Crippen molar-refractivity contribution in [3.8, 4) is 0 Å². The van der Waals surface area contributed by atoms with Gasteiger partial charge in [-0.15, -0.1) is 0 Å². The Morgan fingerprint density at radius 1 is 1.62 bits per heavy atom. The second-order valence-corrected chi connectivity index (χ2v) is 6.19. The highest BCUT2D eigenvalue weighted by molar-refractivity contribution is 7.91. The van der Waals surface area contributed by atoms with Gasteiger partial charge in [0.2, 0.25) is 0 Å². The van der Waals surface area contributed by atoms with Crippen molar-refractivity contribution in [1.29, 1.82) is 0 Å². The van der Waals surface area contributed by atoms with Crippen LogP contribution in [0.2, 0.25) is 0 Å². The molecule has 1 unspecified atom stereocenters. The Kier molecular flexibility index (Phi) is 2.71. The zero-order valence-electron chi connectivity index (χ0n) is 8.88. The van der Waals surface area contributed by atoms with Crippen LogP contribution in [0.4, 0.5) is 0 Å². The van der Waals surface area contributed by atoms with Crippen LogP contribution < -0.4 is 0 Å². The molecule has 0 bridgehead atoms. The number of sulfone groups is 1. The summed E-state index contributed by atoms with van der Waals surface area (Å²) in [7, 11) is -1.33. The smallest absolute Gasteiger partial charge is 0.257 e. The van der Waals surface area contributed by atoms with Crippen molar-refractivity contribution in [2.24, 2.45) is 0 Å². The van der Waals surface area contributed by atoms with Crippen LogP contribution >= 0.6 is 0 Å². The Labute approximate surface area is 93.6 Å². The number of nitrogens with zero attached hydrogens (tertiary/aromatic N) is 2. The molecule has 0 saturated carbocycles. The molecule has 1 N–H and O–H groups in total. The first-order chi connectivity index (χ1) is 7.49. The van der Waals surface area contributed by atoms with E-state index in [1.165, 1.54) is 17.3 Å². The summed E-state index contributed by atoms with van der Waals surface area (Å²) >= 11 is 0. The molecule has 1 aliphatic rings. The van der Waals surface area contributed by atoms with Crippen LogP contribution in [0.25, 0.3) is 0 Å². The highest BCUT2D eigenvalue weighted by atomic mass is 32.2. The number of rotatable bonds is 2. The Hall–Kier alpha value is -1.37. The molecule has 1 fully saturated rings. The molecule has 7 heteroatoms. The van der Waals surface area contributed by atoms with E-state index in [1.54, 1.807) is 7.05 Å². The summed E-state index contributed by atoms with van der Waals surface area (Å²) in [5, 5.41) is 6.25. The second kappa shape index (κ2) is 3.89. The van der Waals surface area contributed by atoms with Gasteiger partial charge < -0.3 is 4.90 Å². The largest absolute Gasteiger partial charge is 0.338 e. The predicted octanol–water partition coefficient (Wildman–Crippen LogP) is -0.331. The first-order valence-electron chi connectivity index (χ1n) is 4.96. The van der Waals surface area contributed by atoms with E-state index >= 15 is 0 Å². The van der Waals surface area contributed by atoms with Crippen LogP contribution in [0.3, 0.4) is 0 Å². The van der Waals surface area contributed by atoms with Gasteiger partial charge in [-0.1, -0.05) is 0 Å². The fraction of sp³-hybridized carbons (Fsp3) is 0.556. The average Bonchev–Trinajstić information content (AvgIpc) is 2.84. The van der Waals surface area contributed by atoms with Crippen LogP contribution in [-0.2, 0) is 9.84 Å². The number of aromatic amines is 1. The van der Waals surface area contributed by atoms with Gasteiger partial charge in [0.05, 0.1) is 23.3 Å². The van der Waals surface area contributed by atoms with Gasteiger partial charge in [0.1, 0.15) is 0 Å². The zero-order chi connectivity index (χ0) is 11.8. The van der Waals surface area contributed by atoms with E-state index in [9.17, 15) is 13.2 Å². The van der Waals surface area contributed by atoms with Crippen molar-refractivity contribution in [1.82, 2.24) is 15.1 Å². The average molecular weight is 243 g/mol. The van der Waals surface area contributed by atoms with E-state index in [4.69, 9.17) is 0 Å². The highest BCUT2D eigenvalue weighted by Crippen LogP contribution is 2.18. The molecule has 0 aliphatic carbocycles. The normalized spacial score (nSPS) is 23.2. The maximum Gasteiger partial charge on any atom is 0.257 e. The minimum absolute atomic E-state index is 0.0626. The maximum atomic E-state index is 11.9. The summed E-state index contributed by atoms with van der Waals surface area (Å²) in [5.41, 5.74) is 0.451. The monoisotopic (exact) mass is 243 g/mol. The Morgan fingerprint density at radius 2 is 2.38 bits per heavy atom. The number of aromatic nitrogens is 2. The fourth-order valence-corrected chi connectivity index (χ4v) is 3.59. The molecule has 2 heterocycles. The number of carbonyl (C=O) groups excluding carboxylic acids is 1.